The molecule has 0 unspecified atom stereocenters. The van der Waals surface area contributed by atoms with Gasteiger partial charge in [0.1, 0.15) is 5.01 Å². The molecular weight excluding hydrogens is 218 g/mol. The van der Waals surface area contributed by atoms with E-state index in [0.717, 1.165) is 15.8 Å². The van der Waals surface area contributed by atoms with Gasteiger partial charge in [-0.05, 0) is 6.92 Å². The van der Waals surface area contributed by atoms with Crippen LogP contribution in [0.15, 0.2) is 0 Å². The number of hydrogen-bond acceptors (Lipinski definition) is 3. The van der Waals surface area contributed by atoms with Gasteiger partial charge in [0.15, 0.2) is 5.06 Å². The van der Waals surface area contributed by atoms with Crippen molar-refractivity contribution in [1.82, 2.24) is 4.98 Å². The van der Waals surface area contributed by atoms with Crippen LogP contribution < -0.4 is 4.74 Å². The van der Waals surface area contributed by atoms with Gasteiger partial charge in [0.05, 0.1) is 12.3 Å². The zero-order valence-corrected chi connectivity index (χ0v) is 12.3. The Morgan fingerprint density at radius 1 is 1.06 bits per heavy atom. The maximum Gasteiger partial charge on any atom is 0.198 e. The van der Waals surface area contributed by atoms with Crippen molar-refractivity contribution in [3.63, 3.8) is 0 Å². The van der Waals surface area contributed by atoms with E-state index < -0.39 is 0 Å². The molecular formula is C13H23NOS. The lowest BCUT2D eigenvalue weighted by atomic mass is 9.92. The van der Waals surface area contributed by atoms with Gasteiger partial charge in [-0.2, -0.15) is 0 Å². The van der Waals surface area contributed by atoms with E-state index in [0.29, 0.717) is 6.61 Å². The zero-order valence-electron chi connectivity index (χ0n) is 11.5. The molecule has 0 amide bonds. The number of ether oxygens (including phenoxy) is 1. The van der Waals surface area contributed by atoms with Crippen molar-refractivity contribution in [2.24, 2.45) is 0 Å². The van der Waals surface area contributed by atoms with E-state index in [1.54, 1.807) is 11.3 Å². The zero-order chi connectivity index (χ0) is 12.6. The maximum absolute atomic E-state index is 5.70. The predicted molar refractivity (Wildman–Crippen MR) is 70.7 cm³/mol. The topological polar surface area (TPSA) is 22.1 Å². The van der Waals surface area contributed by atoms with E-state index in [1.807, 2.05) is 6.92 Å². The van der Waals surface area contributed by atoms with Gasteiger partial charge in [-0.3, -0.25) is 0 Å². The molecule has 0 radical (unpaired) electrons. The summed E-state index contributed by atoms with van der Waals surface area (Å²) < 4.78 is 5.70. The molecule has 0 atom stereocenters. The molecule has 0 aliphatic heterocycles. The van der Waals surface area contributed by atoms with Crippen LogP contribution in [0.4, 0.5) is 0 Å². The van der Waals surface area contributed by atoms with E-state index in [1.165, 1.54) is 0 Å². The lowest BCUT2D eigenvalue weighted by Gasteiger charge is -2.17. The molecule has 92 valence electrons. The van der Waals surface area contributed by atoms with Crippen molar-refractivity contribution in [3.05, 3.63) is 10.7 Å². The number of hydrogen-bond donors (Lipinski definition) is 0. The second-order valence-corrected chi connectivity index (χ2v) is 7.05. The Bertz CT molecular complexity index is 355. The molecule has 0 bridgehead atoms. The minimum absolute atomic E-state index is 0.0461. The Balaban J connectivity index is 3.21. The van der Waals surface area contributed by atoms with Crippen molar-refractivity contribution in [2.45, 2.75) is 59.3 Å². The highest BCUT2D eigenvalue weighted by molar-refractivity contribution is 7.13. The minimum Gasteiger partial charge on any atom is -0.483 e. The second kappa shape index (κ2) is 4.36. The minimum atomic E-state index is 0.0461. The summed E-state index contributed by atoms with van der Waals surface area (Å²) in [4.78, 5) is 4.76. The van der Waals surface area contributed by atoms with Gasteiger partial charge in [0, 0.05) is 10.8 Å². The van der Waals surface area contributed by atoms with Crippen molar-refractivity contribution in [3.8, 4) is 5.06 Å². The molecule has 0 saturated heterocycles. The number of rotatable bonds is 2. The smallest absolute Gasteiger partial charge is 0.198 e. The normalized spacial score (nSPS) is 12.9. The van der Waals surface area contributed by atoms with Crippen LogP contribution in [0, 0.1) is 0 Å². The van der Waals surface area contributed by atoms with Crippen LogP contribution in [0.25, 0.3) is 0 Å². The molecule has 0 saturated carbocycles. The summed E-state index contributed by atoms with van der Waals surface area (Å²) in [7, 11) is 0. The molecule has 1 aromatic rings. The van der Waals surface area contributed by atoms with Gasteiger partial charge in [-0.15, -0.1) is 0 Å². The first kappa shape index (κ1) is 13.5. The summed E-state index contributed by atoms with van der Waals surface area (Å²) >= 11 is 1.68. The van der Waals surface area contributed by atoms with Crippen LogP contribution in [0.2, 0.25) is 0 Å². The second-order valence-electron chi connectivity index (χ2n) is 6.09. The van der Waals surface area contributed by atoms with E-state index in [2.05, 4.69) is 41.5 Å². The van der Waals surface area contributed by atoms with Gasteiger partial charge in [0.25, 0.3) is 0 Å². The van der Waals surface area contributed by atoms with E-state index in [-0.39, 0.29) is 10.8 Å². The third-order valence-corrected chi connectivity index (χ3v) is 3.62. The molecule has 0 aliphatic carbocycles. The fourth-order valence-electron chi connectivity index (χ4n) is 1.33. The SMILES string of the molecule is CCOc1sc(C(C)(C)C)nc1C(C)(C)C. The van der Waals surface area contributed by atoms with Gasteiger partial charge < -0.3 is 4.74 Å². The highest BCUT2D eigenvalue weighted by atomic mass is 32.1. The Labute approximate surface area is 103 Å². The summed E-state index contributed by atoms with van der Waals surface area (Å²) in [5, 5.41) is 2.14. The van der Waals surface area contributed by atoms with E-state index in [9.17, 15) is 0 Å². The lowest BCUT2D eigenvalue weighted by Crippen LogP contribution is -2.15. The Hall–Kier alpha value is -0.570. The molecule has 2 nitrogen and oxygen atoms in total. The van der Waals surface area contributed by atoms with Crippen molar-refractivity contribution >= 4 is 11.3 Å². The summed E-state index contributed by atoms with van der Waals surface area (Å²) in [5.74, 6) is 0. The molecule has 3 heteroatoms. The summed E-state index contributed by atoms with van der Waals surface area (Å²) in [6.07, 6.45) is 0. The Morgan fingerprint density at radius 2 is 1.62 bits per heavy atom. The molecule has 1 rings (SSSR count). The van der Waals surface area contributed by atoms with Crippen molar-refractivity contribution < 1.29 is 4.74 Å². The molecule has 1 heterocycles. The first-order chi connectivity index (χ1) is 7.16. The van der Waals surface area contributed by atoms with E-state index >= 15 is 0 Å². The fraction of sp³-hybridized carbons (Fsp3) is 0.769. The summed E-state index contributed by atoms with van der Waals surface area (Å²) in [6.45, 7) is 15.8. The van der Waals surface area contributed by atoms with Crippen LogP contribution >= 0.6 is 11.3 Å². The van der Waals surface area contributed by atoms with Crippen LogP contribution in [0.5, 0.6) is 5.06 Å². The molecule has 0 spiro atoms. The predicted octanol–water partition coefficient (Wildman–Crippen LogP) is 4.14. The van der Waals surface area contributed by atoms with Gasteiger partial charge >= 0.3 is 0 Å². The number of thiazole rings is 1. The quantitative estimate of drug-likeness (QED) is 0.776. The highest BCUT2D eigenvalue weighted by Gasteiger charge is 2.28. The fourth-order valence-corrected chi connectivity index (χ4v) is 2.57. The van der Waals surface area contributed by atoms with Gasteiger partial charge in [-0.25, -0.2) is 4.98 Å². The number of nitrogens with zero attached hydrogens (tertiary/aromatic N) is 1. The summed E-state index contributed by atoms with van der Waals surface area (Å²) in [6, 6.07) is 0. The molecule has 1 aromatic heterocycles. The average molecular weight is 241 g/mol. The van der Waals surface area contributed by atoms with Crippen LogP contribution in [0.3, 0.4) is 0 Å². The molecule has 0 N–H and O–H groups in total. The summed E-state index contributed by atoms with van der Waals surface area (Å²) in [5.41, 5.74) is 1.23. The highest BCUT2D eigenvalue weighted by Crippen LogP contribution is 2.39. The maximum atomic E-state index is 5.70. The first-order valence-electron chi connectivity index (χ1n) is 5.81. The molecule has 16 heavy (non-hydrogen) atoms. The lowest BCUT2D eigenvalue weighted by molar-refractivity contribution is 0.338. The van der Waals surface area contributed by atoms with Crippen molar-refractivity contribution in [2.75, 3.05) is 6.61 Å². The average Bonchev–Trinajstić information content (AvgIpc) is 2.46. The van der Waals surface area contributed by atoms with Crippen molar-refractivity contribution in [1.29, 1.82) is 0 Å². The molecule has 0 fully saturated rings. The Morgan fingerprint density at radius 3 is 2.00 bits per heavy atom. The van der Waals surface area contributed by atoms with Gasteiger partial charge in [-0.1, -0.05) is 52.9 Å². The standard InChI is InChI=1S/C13H23NOS/c1-8-15-10-9(12(2,3)4)14-11(16-10)13(5,6)7/h8H2,1-7H3. The van der Waals surface area contributed by atoms with E-state index in [4.69, 9.17) is 9.72 Å². The van der Waals surface area contributed by atoms with Crippen LogP contribution in [0.1, 0.15) is 59.2 Å². The largest absolute Gasteiger partial charge is 0.483 e. The van der Waals surface area contributed by atoms with Gasteiger partial charge in [0.2, 0.25) is 0 Å². The third-order valence-electron chi connectivity index (χ3n) is 2.22. The monoisotopic (exact) mass is 241 g/mol. The number of aromatic nitrogens is 1. The molecule has 0 aromatic carbocycles. The van der Waals surface area contributed by atoms with Crippen LogP contribution in [-0.4, -0.2) is 11.6 Å². The third kappa shape index (κ3) is 2.97. The van der Waals surface area contributed by atoms with Crippen LogP contribution in [-0.2, 0) is 10.8 Å². The Kier molecular flexibility index (Phi) is 3.68. The molecule has 0 aliphatic rings. The first-order valence-corrected chi connectivity index (χ1v) is 6.62.